The van der Waals surface area contributed by atoms with E-state index in [1.807, 2.05) is 11.3 Å². The summed E-state index contributed by atoms with van der Waals surface area (Å²) in [6, 6.07) is 0. The molecule has 0 saturated heterocycles. The maximum absolute atomic E-state index is 6.57. The van der Waals surface area contributed by atoms with Crippen LogP contribution in [0, 0.1) is 19.8 Å². The highest BCUT2D eigenvalue weighted by molar-refractivity contribution is 7.10. The number of halogens is 1. The lowest BCUT2D eigenvalue weighted by Gasteiger charge is -2.20. The van der Waals surface area contributed by atoms with E-state index < -0.39 is 0 Å². The zero-order valence-electron chi connectivity index (χ0n) is 10.2. The van der Waals surface area contributed by atoms with E-state index in [1.165, 1.54) is 28.8 Å². The van der Waals surface area contributed by atoms with Crippen LogP contribution in [0.4, 0.5) is 0 Å². The Bertz CT molecular complexity index is 508. The van der Waals surface area contributed by atoms with Gasteiger partial charge in [0.05, 0.1) is 5.70 Å². The molecule has 1 aliphatic heterocycles. The summed E-state index contributed by atoms with van der Waals surface area (Å²) in [6.07, 6.45) is 5.53. The lowest BCUT2D eigenvalue weighted by atomic mass is 9.95. The first-order valence-electron chi connectivity index (χ1n) is 6.15. The van der Waals surface area contributed by atoms with Crippen LogP contribution in [-0.2, 0) is 0 Å². The second kappa shape index (κ2) is 4.25. The highest BCUT2D eigenvalue weighted by atomic mass is 35.5. The Hall–Kier alpha value is -0.600. The number of hydrogen-bond acceptors (Lipinski definition) is 2. The summed E-state index contributed by atoms with van der Waals surface area (Å²) in [7, 11) is 0. The fourth-order valence-electron chi connectivity index (χ4n) is 2.35. The SMILES string of the molecule is Cc1csc(C2CC=NC(C3CC3)=C2Cl)c1C. The van der Waals surface area contributed by atoms with Crippen LogP contribution in [0.25, 0.3) is 0 Å². The van der Waals surface area contributed by atoms with E-state index in [1.54, 1.807) is 0 Å². The molecular formula is C14H16ClNS. The molecule has 1 aromatic rings. The predicted molar refractivity (Wildman–Crippen MR) is 75.2 cm³/mol. The molecule has 0 radical (unpaired) electrons. The lowest BCUT2D eigenvalue weighted by molar-refractivity contribution is 0.822. The standard InChI is InChI=1S/C14H16ClNS/c1-8-7-17-14(9(8)2)11-5-6-16-13(12(11)15)10-3-4-10/h6-7,10-11H,3-5H2,1-2H3. The lowest BCUT2D eigenvalue weighted by Crippen LogP contribution is -2.07. The van der Waals surface area contributed by atoms with Crippen molar-refractivity contribution in [1.82, 2.24) is 0 Å². The number of aryl methyl sites for hydroxylation is 1. The highest BCUT2D eigenvalue weighted by Crippen LogP contribution is 2.47. The summed E-state index contributed by atoms with van der Waals surface area (Å²) in [5.41, 5.74) is 3.95. The van der Waals surface area contributed by atoms with Crippen molar-refractivity contribution in [3.8, 4) is 0 Å². The zero-order chi connectivity index (χ0) is 12.0. The summed E-state index contributed by atoms with van der Waals surface area (Å²) in [5, 5.41) is 3.23. The molecule has 1 unspecified atom stereocenters. The van der Waals surface area contributed by atoms with Gasteiger partial charge in [-0.1, -0.05) is 11.6 Å². The molecule has 17 heavy (non-hydrogen) atoms. The normalized spacial score (nSPS) is 24.5. The third-order valence-electron chi connectivity index (χ3n) is 3.73. The molecule has 3 heteroatoms. The molecule has 0 spiro atoms. The number of thiophene rings is 1. The van der Waals surface area contributed by atoms with Gasteiger partial charge in [-0.05, 0) is 49.6 Å². The first kappa shape index (κ1) is 11.5. The minimum Gasteiger partial charge on any atom is -0.264 e. The Labute approximate surface area is 111 Å². The van der Waals surface area contributed by atoms with Gasteiger partial charge < -0.3 is 0 Å². The van der Waals surface area contributed by atoms with Crippen LogP contribution in [0.15, 0.2) is 21.1 Å². The third-order valence-corrected chi connectivity index (χ3v) is 5.50. The molecule has 2 aliphatic rings. The maximum Gasteiger partial charge on any atom is 0.0582 e. The molecule has 1 atom stereocenters. The van der Waals surface area contributed by atoms with Crippen molar-refractivity contribution in [3.63, 3.8) is 0 Å². The van der Waals surface area contributed by atoms with Crippen molar-refractivity contribution in [2.45, 2.75) is 39.0 Å². The second-order valence-electron chi connectivity index (χ2n) is 5.02. The maximum atomic E-state index is 6.57. The van der Waals surface area contributed by atoms with Crippen molar-refractivity contribution in [1.29, 1.82) is 0 Å². The molecule has 0 aromatic carbocycles. The van der Waals surface area contributed by atoms with E-state index >= 15 is 0 Å². The Balaban J connectivity index is 1.99. The van der Waals surface area contributed by atoms with Crippen LogP contribution in [0.1, 0.15) is 41.2 Å². The van der Waals surface area contributed by atoms with Gasteiger partial charge in [-0.25, -0.2) is 0 Å². The van der Waals surface area contributed by atoms with Crippen LogP contribution < -0.4 is 0 Å². The Morgan fingerprint density at radius 3 is 2.71 bits per heavy atom. The summed E-state index contributed by atoms with van der Waals surface area (Å²) < 4.78 is 0. The molecule has 0 amide bonds. The van der Waals surface area contributed by atoms with Crippen molar-refractivity contribution in [3.05, 3.63) is 32.1 Å². The quantitative estimate of drug-likeness (QED) is 0.730. The number of allylic oxidation sites excluding steroid dienone is 2. The summed E-state index contributed by atoms with van der Waals surface area (Å²) in [5.74, 6) is 1.01. The molecule has 1 fully saturated rings. The first-order valence-corrected chi connectivity index (χ1v) is 7.41. The summed E-state index contributed by atoms with van der Waals surface area (Å²) in [6.45, 7) is 4.37. The monoisotopic (exact) mass is 265 g/mol. The largest absolute Gasteiger partial charge is 0.264 e. The highest BCUT2D eigenvalue weighted by Gasteiger charge is 2.33. The van der Waals surface area contributed by atoms with Gasteiger partial charge in [-0.2, -0.15) is 0 Å². The Kier molecular flexibility index (Phi) is 2.87. The van der Waals surface area contributed by atoms with E-state index in [9.17, 15) is 0 Å². The van der Waals surface area contributed by atoms with E-state index in [-0.39, 0.29) is 0 Å². The number of aliphatic imine (C=N–C) groups is 1. The van der Waals surface area contributed by atoms with Crippen molar-refractivity contribution >= 4 is 29.2 Å². The van der Waals surface area contributed by atoms with Crippen LogP contribution in [0.3, 0.4) is 0 Å². The van der Waals surface area contributed by atoms with Crippen molar-refractivity contribution < 1.29 is 0 Å². The van der Waals surface area contributed by atoms with Crippen LogP contribution in [0.2, 0.25) is 0 Å². The van der Waals surface area contributed by atoms with Gasteiger partial charge in [0.15, 0.2) is 0 Å². The average Bonchev–Trinajstić information content (AvgIpc) is 3.10. The minimum absolute atomic E-state index is 0.364. The minimum atomic E-state index is 0.364. The van der Waals surface area contributed by atoms with Gasteiger partial charge in [-0.15, -0.1) is 11.3 Å². The predicted octanol–water partition coefficient (Wildman–Crippen LogP) is 4.78. The van der Waals surface area contributed by atoms with Gasteiger partial charge >= 0.3 is 0 Å². The fraction of sp³-hybridized carbons (Fsp3) is 0.500. The van der Waals surface area contributed by atoms with Crippen LogP contribution >= 0.6 is 22.9 Å². The molecule has 1 saturated carbocycles. The molecule has 1 nitrogen and oxygen atoms in total. The van der Waals surface area contributed by atoms with Gasteiger partial charge in [0.25, 0.3) is 0 Å². The molecule has 1 aliphatic carbocycles. The van der Waals surface area contributed by atoms with E-state index in [4.69, 9.17) is 11.6 Å². The zero-order valence-corrected chi connectivity index (χ0v) is 11.7. The first-order chi connectivity index (χ1) is 8.18. The van der Waals surface area contributed by atoms with E-state index in [0.717, 1.165) is 17.2 Å². The molecule has 90 valence electrons. The molecular weight excluding hydrogens is 250 g/mol. The molecule has 0 N–H and O–H groups in total. The number of rotatable bonds is 2. The molecule has 3 rings (SSSR count). The van der Waals surface area contributed by atoms with Crippen LogP contribution in [-0.4, -0.2) is 6.21 Å². The average molecular weight is 266 g/mol. The van der Waals surface area contributed by atoms with E-state index in [2.05, 4.69) is 30.4 Å². The van der Waals surface area contributed by atoms with Gasteiger partial charge in [0, 0.05) is 28.0 Å². The molecule has 2 heterocycles. The smallest absolute Gasteiger partial charge is 0.0582 e. The number of nitrogens with zero attached hydrogens (tertiary/aromatic N) is 1. The third kappa shape index (κ3) is 1.98. The summed E-state index contributed by atoms with van der Waals surface area (Å²) in [4.78, 5) is 5.94. The van der Waals surface area contributed by atoms with Gasteiger partial charge in [-0.3, -0.25) is 4.99 Å². The Morgan fingerprint density at radius 1 is 1.35 bits per heavy atom. The number of hydrogen-bond donors (Lipinski definition) is 0. The molecule has 0 bridgehead atoms. The van der Waals surface area contributed by atoms with Crippen molar-refractivity contribution in [2.75, 3.05) is 0 Å². The van der Waals surface area contributed by atoms with E-state index in [0.29, 0.717) is 11.8 Å². The topological polar surface area (TPSA) is 12.4 Å². The summed E-state index contributed by atoms with van der Waals surface area (Å²) >= 11 is 8.41. The fourth-order valence-corrected chi connectivity index (χ4v) is 4.01. The van der Waals surface area contributed by atoms with Gasteiger partial charge in [0.1, 0.15) is 0 Å². The van der Waals surface area contributed by atoms with Crippen molar-refractivity contribution in [2.24, 2.45) is 10.9 Å². The van der Waals surface area contributed by atoms with Gasteiger partial charge in [0.2, 0.25) is 0 Å². The molecule has 1 aromatic heterocycles. The Morgan fingerprint density at radius 2 is 2.12 bits per heavy atom. The second-order valence-corrected chi connectivity index (χ2v) is 6.33. The van der Waals surface area contributed by atoms with Crippen LogP contribution in [0.5, 0.6) is 0 Å².